The molecule has 36 heavy (non-hydrogen) atoms. The molecule has 2 saturated heterocycles. The average molecular weight is 498 g/mol. The van der Waals surface area contributed by atoms with E-state index >= 15 is 0 Å². The Morgan fingerprint density at radius 2 is 1.42 bits per heavy atom. The van der Waals surface area contributed by atoms with Gasteiger partial charge in [0.2, 0.25) is 5.82 Å². The smallest absolute Gasteiger partial charge is 0.340 e. The second-order valence-electron chi connectivity index (χ2n) is 9.06. The second-order valence-corrected chi connectivity index (χ2v) is 9.06. The highest BCUT2D eigenvalue weighted by atomic mass is 19.2. The van der Waals surface area contributed by atoms with Gasteiger partial charge in [0.25, 0.3) is 0 Å². The molecular weight excluding hydrogens is 475 g/mol. The van der Waals surface area contributed by atoms with Gasteiger partial charge in [-0.2, -0.15) is 4.39 Å². The van der Waals surface area contributed by atoms with Gasteiger partial charge < -0.3 is 14.2 Å². The van der Waals surface area contributed by atoms with E-state index in [9.17, 15) is 22.4 Å². The summed E-state index contributed by atoms with van der Waals surface area (Å²) in [5.74, 6) is -5.33. The Hall–Kier alpha value is -3.17. The summed E-state index contributed by atoms with van der Waals surface area (Å²) in [5, 5.41) is 0. The first-order chi connectivity index (χ1) is 17.4. The molecule has 0 aliphatic carbocycles. The van der Waals surface area contributed by atoms with Crippen molar-refractivity contribution >= 4 is 13.8 Å². The van der Waals surface area contributed by atoms with Crippen molar-refractivity contribution in [2.24, 2.45) is 5.92 Å². The molecule has 0 N–H and O–H groups in total. The van der Waals surface area contributed by atoms with E-state index < -0.39 is 47.2 Å². The second kappa shape index (κ2) is 10.1. The standard InChI is InChI=1S/C27H23BF4O4/c28-11-14-1-9-21(34-12-14)27(33)36-20-10-8-18(24(30)26(20)32)16-4-2-15(3-5-16)17-6-7-19(22-13-35-22)25(31)23(17)29/h2-8,10,14,21-22H,1,9,11-13,28H2. The molecule has 9 heteroatoms. The number of rotatable bonds is 6. The van der Waals surface area contributed by atoms with Gasteiger partial charge in [0.05, 0.1) is 6.61 Å². The van der Waals surface area contributed by atoms with Crippen LogP contribution in [0.4, 0.5) is 17.6 Å². The number of hydrogen-bond donors (Lipinski definition) is 0. The van der Waals surface area contributed by atoms with Crippen LogP contribution in [0, 0.1) is 29.2 Å². The summed E-state index contributed by atoms with van der Waals surface area (Å²) >= 11 is 0. The van der Waals surface area contributed by atoms with Gasteiger partial charge in [0, 0.05) is 23.3 Å². The van der Waals surface area contributed by atoms with Crippen molar-refractivity contribution in [3.63, 3.8) is 0 Å². The Morgan fingerprint density at radius 1 is 0.806 bits per heavy atom. The van der Waals surface area contributed by atoms with Gasteiger partial charge >= 0.3 is 5.97 Å². The largest absolute Gasteiger partial charge is 0.421 e. The van der Waals surface area contributed by atoms with Gasteiger partial charge in [0.1, 0.15) is 14.0 Å². The predicted octanol–water partition coefficient (Wildman–Crippen LogP) is 5.40. The van der Waals surface area contributed by atoms with Crippen molar-refractivity contribution in [2.45, 2.75) is 31.4 Å². The van der Waals surface area contributed by atoms with Gasteiger partial charge in [-0.05, 0) is 42.0 Å². The van der Waals surface area contributed by atoms with Gasteiger partial charge in [-0.25, -0.2) is 18.0 Å². The van der Waals surface area contributed by atoms with Crippen LogP contribution in [0.1, 0.15) is 24.5 Å². The Kier molecular flexibility index (Phi) is 6.86. The Labute approximate surface area is 206 Å². The number of carbonyl (C=O) groups excluding carboxylic acids is 1. The summed E-state index contributed by atoms with van der Waals surface area (Å²) < 4.78 is 74.2. The lowest BCUT2D eigenvalue weighted by molar-refractivity contribution is -0.152. The Morgan fingerprint density at radius 3 is 1.97 bits per heavy atom. The molecule has 2 heterocycles. The molecular formula is C27H23BF4O4. The van der Waals surface area contributed by atoms with Gasteiger partial charge in [-0.15, -0.1) is 0 Å². The first-order valence-electron chi connectivity index (χ1n) is 11.9. The fourth-order valence-electron chi connectivity index (χ4n) is 4.41. The molecule has 0 amide bonds. The van der Waals surface area contributed by atoms with Gasteiger partial charge in [-0.3, -0.25) is 0 Å². The quantitative estimate of drug-likeness (QED) is 0.150. The maximum atomic E-state index is 14.9. The summed E-state index contributed by atoms with van der Waals surface area (Å²) in [5.41, 5.74) is 0.853. The molecule has 5 rings (SSSR count). The third-order valence-corrected chi connectivity index (χ3v) is 6.77. The number of halogens is 4. The van der Waals surface area contributed by atoms with Crippen LogP contribution in [0.5, 0.6) is 5.75 Å². The minimum atomic E-state index is -1.29. The third kappa shape index (κ3) is 4.77. The highest BCUT2D eigenvalue weighted by Crippen LogP contribution is 2.37. The van der Waals surface area contributed by atoms with Crippen LogP contribution in [0.2, 0.25) is 6.32 Å². The normalized spacial score (nSPS) is 21.3. The summed E-state index contributed by atoms with van der Waals surface area (Å²) in [4.78, 5) is 12.4. The zero-order chi connectivity index (χ0) is 25.4. The third-order valence-electron chi connectivity index (χ3n) is 6.77. The first kappa shape index (κ1) is 24.5. The first-order valence-corrected chi connectivity index (χ1v) is 11.9. The van der Waals surface area contributed by atoms with Crippen LogP contribution < -0.4 is 4.74 Å². The van der Waals surface area contributed by atoms with Crippen LogP contribution >= 0.6 is 0 Å². The molecule has 0 saturated carbocycles. The summed E-state index contributed by atoms with van der Waals surface area (Å²) in [6.45, 7) is 0.788. The van der Waals surface area contributed by atoms with E-state index in [4.69, 9.17) is 14.2 Å². The van der Waals surface area contributed by atoms with Crippen LogP contribution in [0.3, 0.4) is 0 Å². The van der Waals surface area contributed by atoms with E-state index in [1.54, 1.807) is 0 Å². The molecule has 0 aromatic heterocycles. The molecule has 4 nitrogen and oxygen atoms in total. The molecule has 2 aliphatic heterocycles. The van der Waals surface area contributed by atoms with Crippen molar-refractivity contribution in [1.82, 2.24) is 0 Å². The Bertz CT molecular complexity index is 1290. The average Bonchev–Trinajstić information content (AvgIpc) is 3.74. The molecule has 2 fully saturated rings. The van der Waals surface area contributed by atoms with Crippen molar-refractivity contribution in [3.05, 3.63) is 77.4 Å². The molecule has 3 unspecified atom stereocenters. The fraction of sp³-hybridized carbons (Fsp3) is 0.296. The zero-order valence-electron chi connectivity index (χ0n) is 19.5. The van der Waals surface area contributed by atoms with E-state index in [2.05, 4.69) is 0 Å². The van der Waals surface area contributed by atoms with Crippen LogP contribution in [-0.4, -0.2) is 33.1 Å². The number of benzene rings is 3. The number of epoxide rings is 1. The summed E-state index contributed by atoms with van der Waals surface area (Å²) in [6, 6.07) is 11.4. The lowest BCUT2D eigenvalue weighted by atomic mass is 9.86. The number of carbonyl (C=O) groups is 1. The highest BCUT2D eigenvalue weighted by Gasteiger charge is 2.31. The van der Waals surface area contributed by atoms with E-state index in [1.807, 2.05) is 7.85 Å². The number of hydrogen-bond acceptors (Lipinski definition) is 4. The van der Waals surface area contributed by atoms with Crippen molar-refractivity contribution in [3.8, 4) is 28.0 Å². The van der Waals surface area contributed by atoms with Crippen molar-refractivity contribution in [2.75, 3.05) is 13.2 Å². The van der Waals surface area contributed by atoms with Crippen LogP contribution in [0.15, 0.2) is 48.5 Å². The maximum Gasteiger partial charge on any atom is 0.340 e. The highest BCUT2D eigenvalue weighted by molar-refractivity contribution is 6.08. The molecule has 186 valence electrons. The number of esters is 1. The zero-order valence-corrected chi connectivity index (χ0v) is 19.5. The molecule has 0 radical (unpaired) electrons. The monoisotopic (exact) mass is 498 g/mol. The summed E-state index contributed by atoms with van der Waals surface area (Å²) in [7, 11) is 2.04. The van der Waals surface area contributed by atoms with Crippen molar-refractivity contribution in [1.29, 1.82) is 0 Å². The van der Waals surface area contributed by atoms with E-state index in [0.29, 0.717) is 36.7 Å². The van der Waals surface area contributed by atoms with Crippen LogP contribution in [0.25, 0.3) is 22.3 Å². The van der Waals surface area contributed by atoms with Gasteiger partial charge in [-0.1, -0.05) is 42.7 Å². The molecule has 3 aromatic carbocycles. The predicted molar refractivity (Wildman–Crippen MR) is 127 cm³/mol. The number of ether oxygens (including phenoxy) is 3. The summed E-state index contributed by atoms with van der Waals surface area (Å²) in [6.07, 6.45) is 0.988. The SMILES string of the molecule is BCC1CCC(C(=O)Oc2ccc(-c3ccc(-c4ccc(C5CO5)c(F)c4F)cc3)c(F)c2F)OC1. The van der Waals surface area contributed by atoms with Gasteiger partial charge in [0.15, 0.2) is 29.3 Å². The molecule has 3 aromatic rings. The molecule has 0 spiro atoms. The lowest BCUT2D eigenvalue weighted by Gasteiger charge is -2.27. The Balaban J connectivity index is 1.32. The molecule has 2 aliphatic rings. The van der Waals surface area contributed by atoms with E-state index in [1.165, 1.54) is 48.5 Å². The lowest BCUT2D eigenvalue weighted by Crippen LogP contribution is -2.35. The van der Waals surface area contributed by atoms with Crippen LogP contribution in [-0.2, 0) is 14.3 Å². The maximum absolute atomic E-state index is 14.9. The van der Waals surface area contributed by atoms with E-state index in [0.717, 1.165) is 12.7 Å². The minimum Gasteiger partial charge on any atom is -0.421 e. The molecule has 3 atom stereocenters. The fourth-order valence-corrected chi connectivity index (χ4v) is 4.41. The minimum absolute atomic E-state index is 0.0487. The molecule has 0 bridgehead atoms. The topological polar surface area (TPSA) is 48.1 Å². The van der Waals surface area contributed by atoms with E-state index in [-0.39, 0.29) is 16.7 Å². The van der Waals surface area contributed by atoms with Crippen molar-refractivity contribution < 1.29 is 36.6 Å².